The number of ketones is 1. The molecule has 4 aromatic carbocycles. The van der Waals surface area contributed by atoms with Crippen molar-refractivity contribution in [2.45, 2.75) is 147 Å². The van der Waals surface area contributed by atoms with Gasteiger partial charge in [0.05, 0.1) is 29.6 Å². The maximum absolute atomic E-state index is 16.7. The van der Waals surface area contributed by atoms with Crippen molar-refractivity contribution in [3.8, 4) is 0 Å². The molecule has 1 saturated heterocycles. The number of oxime groups is 1. The van der Waals surface area contributed by atoms with E-state index in [1.807, 2.05) is 57.2 Å². The standard InChI is InChI=1S/C59H69NO15Si/c1-9-76(10-2,11-3)75-44-32-45-58(36-69-45,74-38(5)61)50-52(73-53(64)42-30-22-15-23-31-42)59(67)33-43(71-54(65)48(62)47(41-28-20-14-21-29-41)60-70-35-40-26-18-13-19-27-40)37(4)46(56(59,6)7)49(51(63)57(44,50)8)72-55(66)68-34-39-24-16-12-17-25-39/h12-31,43-45,48-50,52,62,67H,9-11,32-36H2,1-8H3/b60-47-/t43-,44-,45+,48-,49+,50?,52?,57+,58-,59+/m0/s1. The molecule has 2 unspecified atom stereocenters. The number of hydrogen-bond acceptors (Lipinski definition) is 16. The highest BCUT2D eigenvalue weighted by atomic mass is 28.4. The first-order valence-corrected chi connectivity index (χ1v) is 28.6. The molecule has 4 aromatic rings. The zero-order chi connectivity index (χ0) is 54.6. The van der Waals surface area contributed by atoms with Crippen molar-refractivity contribution < 1.29 is 71.9 Å². The van der Waals surface area contributed by atoms with Gasteiger partial charge in [0.15, 0.2) is 31.9 Å². The summed E-state index contributed by atoms with van der Waals surface area (Å²) in [5.74, 6) is -5.03. The van der Waals surface area contributed by atoms with Crippen LogP contribution in [0.5, 0.6) is 0 Å². The summed E-state index contributed by atoms with van der Waals surface area (Å²) in [7, 11) is -2.70. The highest BCUT2D eigenvalue weighted by molar-refractivity contribution is 6.73. The van der Waals surface area contributed by atoms with E-state index in [4.69, 9.17) is 37.7 Å². The van der Waals surface area contributed by atoms with Crippen LogP contribution in [-0.4, -0.2) is 109 Å². The molecule has 2 bridgehead atoms. The summed E-state index contributed by atoms with van der Waals surface area (Å²) in [6, 6.07) is 36.6. The lowest BCUT2D eigenvalue weighted by Crippen LogP contribution is -2.82. The number of benzene rings is 4. The van der Waals surface area contributed by atoms with E-state index in [0.717, 1.165) is 5.56 Å². The predicted octanol–water partition coefficient (Wildman–Crippen LogP) is 9.01. The van der Waals surface area contributed by atoms with Gasteiger partial charge in [-0.05, 0) is 66.4 Å². The molecule has 0 spiro atoms. The van der Waals surface area contributed by atoms with Gasteiger partial charge >= 0.3 is 24.1 Å². The molecule has 17 heteroatoms. The van der Waals surface area contributed by atoms with Crippen molar-refractivity contribution in [2.75, 3.05) is 6.61 Å². The number of hydrogen-bond donors (Lipinski definition) is 2. The Hall–Kier alpha value is -6.50. The molecule has 2 N–H and O–H groups in total. The van der Waals surface area contributed by atoms with Gasteiger partial charge in [-0.3, -0.25) is 9.59 Å². The van der Waals surface area contributed by atoms with Crippen LogP contribution in [-0.2, 0) is 65.3 Å². The molecular weight excluding hydrogens is 991 g/mol. The predicted molar refractivity (Wildman–Crippen MR) is 281 cm³/mol. The Morgan fingerprint density at radius 1 is 0.776 bits per heavy atom. The monoisotopic (exact) mass is 1060 g/mol. The number of aliphatic hydroxyl groups is 2. The van der Waals surface area contributed by atoms with E-state index in [1.54, 1.807) is 113 Å². The minimum absolute atomic E-state index is 0.00635. The van der Waals surface area contributed by atoms with Crippen molar-refractivity contribution in [3.63, 3.8) is 0 Å². The Balaban J connectivity index is 1.33. The average Bonchev–Trinajstić information content (AvgIpc) is 3.61. The highest BCUT2D eigenvalue weighted by Crippen LogP contribution is 2.65. The highest BCUT2D eigenvalue weighted by Gasteiger charge is 2.79. The van der Waals surface area contributed by atoms with Crippen LogP contribution < -0.4 is 0 Å². The fourth-order valence-electron chi connectivity index (χ4n) is 12.1. The Bertz CT molecular complexity index is 2800. The quantitative estimate of drug-likeness (QED) is 0.0238. The van der Waals surface area contributed by atoms with Crippen molar-refractivity contribution in [1.29, 1.82) is 0 Å². The minimum atomic E-state index is -2.70. The second kappa shape index (κ2) is 22.6. The molecule has 0 amide bonds. The number of ether oxygens (including phenoxy) is 6. The molecule has 16 nitrogen and oxygen atoms in total. The number of carbonyl (C=O) groups is 5. The number of esters is 3. The second-order valence-electron chi connectivity index (χ2n) is 21.1. The van der Waals surface area contributed by atoms with Crippen LogP contribution in [0.1, 0.15) is 95.3 Å². The normalized spacial score (nSPS) is 28.2. The molecule has 0 radical (unpaired) electrons. The summed E-state index contributed by atoms with van der Waals surface area (Å²) in [5.41, 5.74) is -5.87. The fourth-order valence-corrected chi connectivity index (χ4v) is 15.0. The van der Waals surface area contributed by atoms with E-state index in [9.17, 15) is 29.4 Å². The molecule has 1 aliphatic heterocycles. The van der Waals surface area contributed by atoms with Gasteiger partial charge in [-0.15, -0.1) is 0 Å². The number of Topliss-reactive ketones (excluding diaryl/α,β-unsaturated/α-hetero) is 1. The van der Waals surface area contributed by atoms with Crippen LogP contribution in [0.4, 0.5) is 4.79 Å². The Kier molecular flexibility index (Phi) is 16.6. The summed E-state index contributed by atoms with van der Waals surface area (Å²) >= 11 is 0. The maximum Gasteiger partial charge on any atom is 0.509 e. The lowest BCUT2D eigenvalue weighted by Gasteiger charge is -2.68. The van der Waals surface area contributed by atoms with E-state index in [2.05, 4.69) is 5.16 Å². The van der Waals surface area contributed by atoms with E-state index < -0.39 is 109 Å². The van der Waals surface area contributed by atoms with Crippen molar-refractivity contribution in [1.82, 2.24) is 0 Å². The van der Waals surface area contributed by atoms with Crippen LogP contribution in [0, 0.1) is 16.7 Å². The Labute approximate surface area is 444 Å². The van der Waals surface area contributed by atoms with Gasteiger partial charge in [-0.2, -0.15) is 0 Å². The number of fused-ring (bicyclic) bond motifs is 5. The first kappa shape index (κ1) is 55.7. The molecule has 0 aromatic heterocycles. The van der Waals surface area contributed by atoms with Crippen molar-refractivity contribution >= 4 is 43.9 Å². The van der Waals surface area contributed by atoms with Gasteiger partial charge < -0.3 is 47.9 Å². The molecular formula is C59H69NO15Si. The third kappa shape index (κ3) is 10.4. The third-order valence-electron chi connectivity index (χ3n) is 16.7. The van der Waals surface area contributed by atoms with Gasteiger partial charge in [0, 0.05) is 30.7 Å². The number of carbonyl (C=O) groups excluding carboxylic acids is 5. The van der Waals surface area contributed by atoms with Crippen molar-refractivity contribution in [2.24, 2.45) is 21.9 Å². The zero-order valence-corrected chi connectivity index (χ0v) is 45.4. The summed E-state index contributed by atoms with van der Waals surface area (Å²) in [5, 5.41) is 30.5. The van der Waals surface area contributed by atoms with E-state index >= 15 is 4.79 Å². The molecule has 3 fully saturated rings. The molecule has 2 saturated carbocycles. The Morgan fingerprint density at radius 3 is 1.87 bits per heavy atom. The van der Waals surface area contributed by atoms with Gasteiger partial charge in [0.1, 0.15) is 42.8 Å². The largest absolute Gasteiger partial charge is 0.509 e. The zero-order valence-electron chi connectivity index (χ0n) is 44.4. The van der Waals surface area contributed by atoms with Crippen LogP contribution >= 0.6 is 0 Å². The number of nitrogens with zero attached hydrogens (tertiary/aromatic N) is 1. The summed E-state index contributed by atoms with van der Waals surface area (Å²) in [6.45, 7) is 13.3. The number of rotatable bonds is 18. The summed E-state index contributed by atoms with van der Waals surface area (Å²) in [4.78, 5) is 79.9. The molecule has 10 atom stereocenters. The summed E-state index contributed by atoms with van der Waals surface area (Å²) in [6.07, 6.45) is -10.9. The van der Waals surface area contributed by atoms with Crippen LogP contribution in [0.15, 0.2) is 138 Å². The molecule has 3 aliphatic carbocycles. The first-order valence-electron chi connectivity index (χ1n) is 26.1. The molecule has 8 rings (SSSR count). The molecule has 76 heavy (non-hydrogen) atoms. The van der Waals surface area contributed by atoms with Gasteiger partial charge in [-0.1, -0.05) is 149 Å². The lowest BCUT2D eigenvalue weighted by atomic mass is 9.44. The van der Waals surface area contributed by atoms with Gasteiger partial charge in [0.2, 0.25) is 0 Å². The SMILES string of the molecule is CC[Si](CC)(CC)O[C@H]1C[C@H]2OC[C@@]2(OC(C)=O)C2C(OC(=O)c3ccccc3)[C@]3(O)C[C@H](OC(=O)[C@@H](O)/C(=N\OCc4ccccc4)c4ccccc4)C(C)=C([C@@H](OC(=O)OCc4ccccc4)C(=O)[C@@]21C)C3(C)C. The molecule has 404 valence electrons. The average molecular weight is 1060 g/mol. The fraction of sp³-hybridized carbons (Fsp3) is 0.458. The smallest absolute Gasteiger partial charge is 0.456 e. The van der Waals surface area contributed by atoms with Gasteiger partial charge in [-0.25, -0.2) is 14.4 Å². The Morgan fingerprint density at radius 2 is 1.33 bits per heavy atom. The topological polar surface area (TPSA) is 212 Å². The molecule has 1 heterocycles. The summed E-state index contributed by atoms with van der Waals surface area (Å²) < 4.78 is 45.2. The molecule has 4 aliphatic rings. The third-order valence-corrected chi connectivity index (χ3v) is 21.3. The van der Waals surface area contributed by atoms with E-state index in [1.165, 1.54) is 6.92 Å². The lowest BCUT2D eigenvalue weighted by molar-refractivity contribution is -0.344. The van der Waals surface area contributed by atoms with Crippen molar-refractivity contribution in [3.05, 3.63) is 155 Å². The number of aliphatic hydroxyl groups excluding tert-OH is 1. The van der Waals surface area contributed by atoms with Gasteiger partial charge in [0.25, 0.3) is 0 Å². The van der Waals surface area contributed by atoms with Crippen LogP contribution in [0.2, 0.25) is 18.1 Å². The van der Waals surface area contributed by atoms with E-state index in [0.29, 0.717) is 29.3 Å². The maximum atomic E-state index is 16.7. The van der Waals surface area contributed by atoms with E-state index in [-0.39, 0.29) is 48.7 Å². The van der Waals surface area contributed by atoms with Crippen LogP contribution in [0.3, 0.4) is 0 Å². The first-order chi connectivity index (χ1) is 36.3. The van der Waals surface area contributed by atoms with Crippen LogP contribution in [0.25, 0.3) is 0 Å². The minimum Gasteiger partial charge on any atom is -0.456 e. The second-order valence-corrected chi connectivity index (χ2v) is 25.8.